The summed E-state index contributed by atoms with van der Waals surface area (Å²) in [6, 6.07) is 38.5. The molecule has 9 N–H and O–H groups in total. The third-order valence-electron chi connectivity index (χ3n) is 21.3. The maximum Gasteiger partial charge on any atom is 0.321 e. The van der Waals surface area contributed by atoms with E-state index in [9.17, 15) is 69.9 Å². The maximum atomic E-state index is 15.1. The number of aromatic nitrogens is 6. The second-order valence-corrected chi connectivity index (χ2v) is 35.8. The number of anilines is 2. The molecule has 12 aromatic rings. The molecule has 6 fully saturated rings. The maximum absolute atomic E-state index is 15.1. The van der Waals surface area contributed by atoms with Crippen molar-refractivity contribution in [3.8, 4) is 44.1 Å². The standard InChI is InChI=1S/C30H23F2N3O3S.C17H13FN4OS.2C12H11FO3.C6H6FN.C5H5ClO3.C5H6O4.C4H8O.Cl2OS/c1-35-16-23(34-17-35)26-15-22-29(39-26)25(8-11-33-22)38-24-7-4-19(12-21(24)32)14-28(37)30(9-10-30)27(36)13-18-2-5-20(31)6-3-18;1-22-8-13(21-9-22)16-7-12-17(24-16)15(4-5-20-12)23-14-3-2-10(19)6-11(14)18;2*13-9-3-1-8(2-4-9)7-10(14)12(5-6-12)11(15)16;7-5-1-3-6(8)4-2-5;2*6-3(7)5(1-2-5)4(8)9;1-2-4-5-3-1;1-4(2)3/h2-8,11-12,15-17H,9-10,13-14H2,1H3;2-9H,19H2,1H3;2*1-4H,5-7H2,(H,15,16);1-4H,8H2;1-2H2,(H,8,9);1-2H2,(H,6,7)(H,8,9);1-4H2;. The zero-order valence-electron chi connectivity index (χ0n) is 69.1. The Morgan fingerprint density at radius 3 is 0.992 bits per heavy atom. The molecule has 0 unspecified atom stereocenters. The number of nitrogens with zero attached hydrogens (tertiary/aromatic N) is 6. The van der Waals surface area contributed by atoms with Gasteiger partial charge in [0, 0.05) is 129 Å². The zero-order chi connectivity index (χ0) is 94.6. The molecule has 130 heavy (non-hydrogen) atoms. The number of Topliss-reactive ketones (excluding diaryl/α,β-unsaturated/α-hetero) is 4. The number of rotatable bonds is 24. The van der Waals surface area contributed by atoms with Crippen molar-refractivity contribution >= 4 is 155 Å². The number of ketones is 4. The molecule has 18 rings (SSSR count). The molecule has 39 heteroatoms. The van der Waals surface area contributed by atoms with Crippen LogP contribution in [-0.2, 0) is 102 Å². The van der Waals surface area contributed by atoms with E-state index in [4.69, 9.17) is 67.0 Å². The molecule has 0 atom stereocenters. The van der Waals surface area contributed by atoms with Gasteiger partial charge in [0.25, 0.3) is 0 Å². The van der Waals surface area contributed by atoms with Crippen molar-refractivity contribution in [2.45, 2.75) is 103 Å². The van der Waals surface area contributed by atoms with Gasteiger partial charge in [-0.15, -0.1) is 22.7 Å². The Bertz CT molecular complexity index is 5970. The number of carbonyl (C=O) groups excluding carboxylic acids is 5. The molecule has 7 heterocycles. The van der Waals surface area contributed by atoms with E-state index >= 15 is 4.39 Å². The number of fused-ring (bicyclic) bond motifs is 2. The van der Waals surface area contributed by atoms with Crippen LogP contribution in [0.1, 0.15) is 99.3 Å². The summed E-state index contributed by atoms with van der Waals surface area (Å²) in [4.78, 5) is 132. The van der Waals surface area contributed by atoms with Crippen molar-refractivity contribution in [2.24, 2.45) is 41.2 Å². The number of pyridine rings is 2. The van der Waals surface area contributed by atoms with Gasteiger partial charge in [0.2, 0.25) is 14.5 Å². The minimum atomic E-state index is -1.67. The Balaban J connectivity index is 0.000000166. The van der Waals surface area contributed by atoms with Crippen LogP contribution in [0, 0.1) is 62.0 Å². The summed E-state index contributed by atoms with van der Waals surface area (Å²) < 4.78 is 111. The molecule has 27 nitrogen and oxygen atoms in total. The number of benzene rings is 6. The van der Waals surface area contributed by atoms with Crippen LogP contribution in [-0.4, -0.2) is 130 Å². The van der Waals surface area contributed by atoms with Crippen molar-refractivity contribution in [2.75, 3.05) is 24.7 Å². The Morgan fingerprint density at radius 1 is 0.415 bits per heavy atom. The van der Waals surface area contributed by atoms with Crippen LogP contribution in [0.15, 0.2) is 195 Å². The smallest absolute Gasteiger partial charge is 0.321 e. The number of carboxylic acids is 5. The third-order valence-corrected chi connectivity index (χ3v) is 23.9. The van der Waals surface area contributed by atoms with Crippen LogP contribution >= 0.6 is 55.6 Å². The van der Waals surface area contributed by atoms with Crippen molar-refractivity contribution in [3.63, 3.8) is 0 Å². The first kappa shape index (κ1) is 99.6. The number of ether oxygens (including phenoxy) is 3. The summed E-state index contributed by atoms with van der Waals surface area (Å²) in [5.41, 5.74) is 11.4. The van der Waals surface area contributed by atoms with E-state index in [0.29, 0.717) is 96.5 Å². The van der Waals surface area contributed by atoms with E-state index in [1.54, 1.807) is 61.4 Å². The summed E-state index contributed by atoms with van der Waals surface area (Å²) >= 11 is 7.97. The Hall–Kier alpha value is -12.6. The van der Waals surface area contributed by atoms with Crippen LogP contribution in [0.5, 0.6) is 23.0 Å². The number of carboxylic acid groups (broad SMARTS) is 5. The Morgan fingerprint density at radius 2 is 0.723 bits per heavy atom. The van der Waals surface area contributed by atoms with E-state index in [1.807, 2.05) is 47.8 Å². The lowest BCUT2D eigenvalue weighted by Gasteiger charge is -2.14. The highest BCUT2D eigenvalue weighted by Gasteiger charge is 2.59. The van der Waals surface area contributed by atoms with Crippen molar-refractivity contribution in [3.05, 3.63) is 252 Å². The molecule has 682 valence electrons. The molecular weight excluding hydrogens is 1830 g/mol. The molecular formula is C91H83Cl3F6N8O19S3. The van der Waals surface area contributed by atoms with Gasteiger partial charge < -0.3 is 60.3 Å². The van der Waals surface area contributed by atoms with Gasteiger partial charge in [-0.25, -0.2) is 40.5 Å². The molecule has 6 aromatic carbocycles. The first-order valence-corrected chi connectivity index (χ1v) is 44.5. The Kier molecular flexibility index (Phi) is 33.8. The van der Waals surface area contributed by atoms with E-state index in [-0.39, 0.29) is 96.4 Å². The highest BCUT2D eigenvalue weighted by Crippen LogP contribution is 2.52. The average Bonchev–Trinajstić information content (AvgIpc) is 1.60. The largest absolute Gasteiger partial charge is 0.480 e. The van der Waals surface area contributed by atoms with Crippen LogP contribution in [0.4, 0.5) is 37.7 Å². The van der Waals surface area contributed by atoms with Gasteiger partial charge in [-0.3, -0.25) is 57.9 Å². The van der Waals surface area contributed by atoms with Crippen LogP contribution in [0.2, 0.25) is 0 Å². The molecule has 5 aliphatic carbocycles. The van der Waals surface area contributed by atoms with E-state index in [0.717, 1.165) is 54.8 Å². The lowest BCUT2D eigenvalue weighted by atomic mass is 9.88. The molecule has 0 spiro atoms. The van der Waals surface area contributed by atoms with Gasteiger partial charge in [-0.2, -0.15) is 0 Å². The number of halogens is 9. The van der Waals surface area contributed by atoms with Crippen molar-refractivity contribution < 1.29 is 118 Å². The molecule has 6 aliphatic rings. The van der Waals surface area contributed by atoms with Gasteiger partial charge >= 0.3 is 29.8 Å². The predicted octanol–water partition coefficient (Wildman–Crippen LogP) is 18.1. The molecule has 1 aliphatic heterocycles. The fourth-order valence-electron chi connectivity index (χ4n) is 12.7. The highest BCUT2D eigenvalue weighted by atomic mass is 36.0. The van der Waals surface area contributed by atoms with Crippen molar-refractivity contribution in [1.82, 2.24) is 29.1 Å². The van der Waals surface area contributed by atoms with E-state index in [2.05, 4.69) is 41.3 Å². The normalized spacial score (nSPS) is 15.0. The van der Waals surface area contributed by atoms with E-state index < -0.39 is 83.0 Å². The number of nitrogens with two attached hydrogens (primary N) is 2. The quantitative estimate of drug-likeness (QED) is 0.0128. The number of carbonyl (C=O) groups is 10. The zero-order valence-corrected chi connectivity index (χ0v) is 73.8. The summed E-state index contributed by atoms with van der Waals surface area (Å²) in [7, 11) is 11.2. The predicted molar refractivity (Wildman–Crippen MR) is 473 cm³/mol. The van der Waals surface area contributed by atoms with Gasteiger partial charge in [0.15, 0.2) is 51.7 Å². The molecule has 5 saturated carbocycles. The number of hydrogen-bond donors (Lipinski definition) is 7. The highest BCUT2D eigenvalue weighted by molar-refractivity contribution is 8.26. The number of thiophene rings is 2. The van der Waals surface area contributed by atoms with Gasteiger partial charge in [0.1, 0.15) is 51.0 Å². The minimum Gasteiger partial charge on any atom is -0.480 e. The van der Waals surface area contributed by atoms with Crippen LogP contribution in [0.3, 0.4) is 0 Å². The fourth-order valence-corrected chi connectivity index (χ4v) is 15.0. The first-order chi connectivity index (χ1) is 61.7. The van der Waals surface area contributed by atoms with Gasteiger partial charge in [-0.1, -0.05) is 42.5 Å². The molecule has 0 amide bonds. The SMILES string of the molecule is C1CCOC1.Cn1cnc(-c2cc3nccc(Oc4ccc(CC(=O)C5(C(=O)Cc6ccc(F)cc6)CC5)cc4F)c3s2)c1.Cn1cnc(-c2cc3nccc(Oc4ccc(N)cc4F)c3s2)c1.Nc1ccc(F)cc1.O=C(O)C1(C(=O)Cc2ccc(F)cc2)CC1.O=C(O)C1(C(=O)Cc2ccc(F)cc2)CC1.O=C(O)C1(C(=O)Cl)CC1.O=C(O)C1(C(=O)O)CC1.O=S(Cl)Cl. The second kappa shape index (κ2) is 44.2. The molecule has 0 bridgehead atoms. The third kappa shape index (κ3) is 26.8. The minimum absolute atomic E-state index is 0.0278. The average molecular weight is 1910 g/mol. The topological polar surface area (TPSA) is 430 Å². The first-order valence-electron chi connectivity index (χ1n) is 39.7. The number of imidazole rings is 2. The number of aliphatic carboxylic acids is 5. The monoisotopic (exact) mass is 1910 g/mol. The van der Waals surface area contributed by atoms with Gasteiger partial charge in [-0.05, 0) is 208 Å². The number of hydrogen-bond acceptors (Lipinski definition) is 22. The second-order valence-electron chi connectivity index (χ2n) is 30.8. The van der Waals surface area contributed by atoms with Gasteiger partial charge in [0.05, 0.1) is 59.6 Å². The van der Waals surface area contributed by atoms with Crippen LogP contribution < -0.4 is 20.9 Å². The van der Waals surface area contributed by atoms with Crippen LogP contribution in [0.25, 0.3) is 41.6 Å². The van der Waals surface area contributed by atoms with Crippen molar-refractivity contribution in [1.29, 1.82) is 0 Å². The molecule has 0 radical (unpaired) electrons. The fraction of sp³-hybridized carbons (Fsp3) is 0.275. The summed E-state index contributed by atoms with van der Waals surface area (Å²) in [5.74, 6) is -7.86. The number of nitrogen functional groups attached to an aromatic ring is 2. The lowest BCUT2D eigenvalue weighted by Crippen LogP contribution is -2.28. The number of aryl methyl sites for hydroxylation is 2. The van der Waals surface area contributed by atoms with E-state index in [1.165, 1.54) is 145 Å². The summed E-state index contributed by atoms with van der Waals surface area (Å²) in [5, 5.41) is 42.0. The molecule has 6 aromatic heterocycles. The lowest BCUT2D eigenvalue weighted by molar-refractivity contribution is -0.157. The Labute approximate surface area is 762 Å². The summed E-state index contributed by atoms with van der Waals surface area (Å²) in [6.45, 7) is 2.00. The molecule has 1 saturated heterocycles. The summed E-state index contributed by atoms with van der Waals surface area (Å²) in [6.07, 6.45) is 17.2.